The first-order valence-electron chi connectivity index (χ1n) is 9.75. The molecule has 0 radical (unpaired) electrons. The normalized spacial score (nSPS) is 17.6. The molecule has 0 aliphatic carbocycles. The van der Waals surface area contributed by atoms with Crippen LogP contribution in [-0.4, -0.2) is 31.6 Å². The van der Waals surface area contributed by atoms with E-state index in [1.54, 1.807) is 6.20 Å². The van der Waals surface area contributed by atoms with Gasteiger partial charge in [0.15, 0.2) is 0 Å². The number of fused-ring (bicyclic) bond motifs is 1. The van der Waals surface area contributed by atoms with Crippen molar-refractivity contribution in [3.63, 3.8) is 0 Å². The molecule has 6 heteroatoms. The van der Waals surface area contributed by atoms with Gasteiger partial charge in [-0.2, -0.15) is 0 Å². The fraction of sp³-hybridized carbons (Fsp3) is 0.318. The molecule has 28 heavy (non-hydrogen) atoms. The molecule has 1 aliphatic heterocycles. The smallest absolute Gasteiger partial charge is 0.143 e. The number of rotatable bonds is 4. The van der Waals surface area contributed by atoms with Crippen LogP contribution in [0.3, 0.4) is 0 Å². The topological polar surface area (TPSA) is 70.8 Å². The molecule has 0 saturated carbocycles. The van der Waals surface area contributed by atoms with Crippen LogP contribution < -0.4 is 0 Å². The maximum atomic E-state index is 5.32. The number of aromatic nitrogens is 4. The van der Waals surface area contributed by atoms with Crippen molar-refractivity contribution in [1.82, 2.24) is 25.0 Å². The van der Waals surface area contributed by atoms with Crippen LogP contribution in [0.15, 0.2) is 47.4 Å². The van der Waals surface area contributed by atoms with Crippen molar-refractivity contribution >= 4 is 10.9 Å². The molecule has 4 heterocycles. The fourth-order valence-electron chi connectivity index (χ4n) is 4.37. The molecule has 5 rings (SSSR count). The summed E-state index contributed by atoms with van der Waals surface area (Å²) in [5.74, 6) is 0.784. The third kappa shape index (κ3) is 2.90. The average molecular weight is 373 g/mol. The predicted octanol–water partition coefficient (Wildman–Crippen LogP) is 4.57. The summed E-state index contributed by atoms with van der Waals surface area (Å²) in [7, 11) is 0. The van der Waals surface area contributed by atoms with E-state index in [0.29, 0.717) is 0 Å². The zero-order chi connectivity index (χ0) is 19.1. The van der Waals surface area contributed by atoms with E-state index in [2.05, 4.69) is 44.3 Å². The Bertz CT molecular complexity index is 1110. The number of hydrogen-bond acceptors (Lipinski definition) is 5. The van der Waals surface area contributed by atoms with Gasteiger partial charge in [-0.1, -0.05) is 17.3 Å². The molecule has 1 N–H and O–H groups in total. The van der Waals surface area contributed by atoms with Crippen LogP contribution in [0.1, 0.15) is 41.6 Å². The van der Waals surface area contributed by atoms with Gasteiger partial charge in [-0.15, -0.1) is 0 Å². The van der Waals surface area contributed by atoms with Crippen molar-refractivity contribution < 1.29 is 4.52 Å². The van der Waals surface area contributed by atoms with Crippen LogP contribution in [0.4, 0.5) is 0 Å². The number of H-pyrrole nitrogens is 1. The van der Waals surface area contributed by atoms with Crippen LogP contribution in [-0.2, 0) is 6.54 Å². The highest BCUT2D eigenvalue weighted by Gasteiger charge is 2.28. The SMILES string of the molecule is Cc1noc(C)c1-c1cncc([C@@H]2CCCN2Cc2cccc3[nH]ccc23)n1. The van der Waals surface area contributed by atoms with Crippen molar-refractivity contribution in [3.05, 3.63) is 65.6 Å². The van der Waals surface area contributed by atoms with E-state index in [0.717, 1.165) is 47.9 Å². The Morgan fingerprint density at radius 1 is 1.21 bits per heavy atom. The predicted molar refractivity (Wildman–Crippen MR) is 108 cm³/mol. The maximum absolute atomic E-state index is 5.32. The second kappa shape index (κ2) is 6.87. The van der Waals surface area contributed by atoms with Gasteiger partial charge < -0.3 is 9.51 Å². The monoisotopic (exact) mass is 373 g/mol. The highest BCUT2D eigenvalue weighted by atomic mass is 16.5. The molecular weight excluding hydrogens is 350 g/mol. The first-order chi connectivity index (χ1) is 13.7. The van der Waals surface area contributed by atoms with Gasteiger partial charge >= 0.3 is 0 Å². The standard InChI is InChI=1S/C22H23N5O/c1-14-22(15(2)28-26-14)20-12-23-11-19(25-20)21-7-4-10-27(21)13-16-5-3-6-18-17(16)8-9-24-18/h3,5-6,8-9,11-12,21,24H,4,7,10,13H2,1-2H3/t21-/m0/s1. The Morgan fingerprint density at radius 2 is 2.14 bits per heavy atom. The molecule has 0 bridgehead atoms. The van der Waals surface area contributed by atoms with Crippen molar-refractivity contribution in [1.29, 1.82) is 0 Å². The van der Waals surface area contributed by atoms with E-state index in [9.17, 15) is 0 Å². The Morgan fingerprint density at radius 3 is 3.00 bits per heavy atom. The van der Waals surface area contributed by atoms with Crippen LogP contribution in [0.25, 0.3) is 22.2 Å². The Labute approximate surface area is 163 Å². The van der Waals surface area contributed by atoms with E-state index in [-0.39, 0.29) is 6.04 Å². The summed E-state index contributed by atoms with van der Waals surface area (Å²) in [6, 6.07) is 8.91. The molecule has 1 saturated heterocycles. The average Bonchev–Trinajstić information content (AvgIpc) is 3.43. The quantitative estimate of drug-likeness (QED) is 0.567. The largest absolute Gasteiger partial charge is 0.361 e. The first kappa shape index (κ1) is 17.1. The summed E-state index contributed by atoms with van der Waals surface area (Å²) < 4.78 is 5.32. The van der Waals surface area contributed by atoms with E-state index in [1.165, 1.54) is 22.9 Å². The summed E-state index contributed by atoms with van der Waals surface area (Å²) in [6.07, 6.45) is 7.99. The maximum Gasteiger partial charge on any atom is 0.143 e. The number of hydrogen-bond donors (Lipinski definition) is 1. The summed E-state index contributed by atoms with van der Waals surface area (Å²) in [5, 5.41) is 5.35. The lowest BCUT2D eigenvalue weighted by Gasteiger charge is -2.24. The first-order valence-corrected chi connectivity index (χ1v) is 9.75. The molecule has 0 spiro atoms. The molecule has 0 unspecified atom stereocenters. The molecule has 6 nitrogen and oxygen atoms in total. The number of likely N-dealkylation sites (tertiary alicyclic amines) is 1. The second-order valence-electron chi connectivity index (χ2n) is 7.51. The van der Waals surface area contributed by atoms with Crippen LogP contribution in [0.2, 0.25) is 0 Å². The van der Waals surface area contributed by atoms with E-state index in [4.69, 9.17) is 9.51 Å². The van der Waals surface area contributed by atoms with Crippen LogP contribution in [0.5, 0.6) is 0 Å². The third-order valence-corrected chi connectivity index (χ3v) is 5.71. The Kier molecular flexibility index (Phi) is 4.20. The van der Waals surface area contributed by atoms with Gasteiger partial charge in [-0.05, 0) is 50.9 Å². The van der Waals surface area contributed by atoms with Gasteiger partial charge in [0.2, 0.25) is 0 Å². The lowest BCUT2D eigenvalue weighted by atomic mass is 10.1. The number of nitrogens with one attached hydrogen (secondary N) is 1. The lowest BCUT2D eigenvalue weighted by Crippen LogP contribution is -2.23. The molecule has 3 aromatic heterocycles. The van der Waals surface area contributed by atoms with Crippen molar-refractivity contribution in [3.8, 4) is 11.3 Å². The van der Waals surface area contributed by atoms with Gasteiger partial charge in [-0.3, -0.25) is 9.88 Å². The molecule has 4 aromatic rings. The highest BCUT2D eigenvalue weighted by Crippen LogP contribution is 2.34. The van der Waals surface area contributed by atoms with Gasteiger partial charge in [-0.25, -0.2) is 4.98 Å². The van der Waals surface area contributed by atoms with Gasteiger partial charge in [0, 0.05) is 23.6 Å². The number of benzene rings is 1. The van der Waals surface area contributed by atoms with Crippen molar-refractivity contribution in [2.75, 3.05) is 6.54 Å². The van der Waals surface area contributed by atoms with E-state index < -0.39 is 0 Å². The highest BCUT2D eigenvalue weighted by molar-refractivity contribution is 5.82. The fourth-order valence-corrected chi connectivity index (χ4v) is 4.37. The summed E-state index contributed by atoms with van der Waals surface area (Å²) in [6.45, 7) is 5.85. The van der Waals surface area contributed by atoms with Crippen molar-refractivity contribution in [2.24, 2.45) is 0 Å². The zero-order valence-electron chi connectivity index (χ0n) is 16.1. The number of aryl methyl sites for hydroxylation is 2. The van der Waals surface area contributed by atoms with Gasteiger partial charge in [0.25, 0.3) is 0 Å². The minimum Gasteiger partial charge on any atom is -0.361 e. The Hall–Kier alpha value is -2.99. The van der Waals surface area contributed by atoms with Gasteiger partial charge in [0.1, 0.15) is 5.76 Å². The lowest BCUT2D eigenvalue weighted by molar-refractivity contribution is 0.245. The molecule has 1 aliphatic rings. The summed E-state index contributed by atoms with van der Waals surface area (Å²) in [4.78, 5) is 15.3. The molecule has 142 valence electrons. The van der Waals surface area contributed by atoms with Crippen LogP contribution >= 0.6 is 0 Å². The molecule has 0 amide bonds. The van der Waals surface area contributed by atoms with Gasteiger partial charge in [0.05, 0.1) is 41.1 Å². The minimum absolute atomic E-state index is 0.280. The van der Waals surface area contributed by atoms with Crippen LogP contribution in [0, 0.1) is 13.8 Å². The molecule has 1 atom stereocenters. The summed E-state index contributed by atoms with van der Waals surface area (Å²) >= 11 is 0. The zero-order valence-corrected chi connectivity index (χ0v) is 16.1. The Balaban J connectivity index is 1.46. The second-order valence-corrected chi connectivity index (χ2v) is 7.51. The molecule has 1 fully saturated rings. The van der Waals surface area contributed by atoms with Crippen molar-refractivity contribution in [2.45, 2.75) is 39.3 Å². The molecular formula is C22H23N5O. The molecule has 1 aromatic carbocycles. The number of nitrogens with zero attached hydrogens (tertiary/aromatic N) is 4. The third-order valence-electron chi connectivity index (χ3n) is 5.71. The summed E-state index contributed by atoms with van der Waals surface area (Å²) in [5.41, 5.74) is 6.21. The van der Waals surface area contributed by atoms with E-state index >= 15 is 0 Å². The van der Waals surface area contributed by atoms with E-state index in [1.807, 2.05) is 26.2 Å². The minimum atomic E-state index is 0.280. The number of aromatic amines is 1.